The van der Waals surface area contributed by atoms with E-state index < -0.39 is 0 Å². The Kier molecular flexibility index (Phi) is 3.94. The third-order valence-corrected chi connectivity index (χ3v) is 3.14. The van der Waals surface area contributed by atoms with Crippen LogP contribution >= 0.6 is 0 Å². The third kappa shape index (κ3) is 2.91. The average molecular weight is 270 g/mol. The molecule has 0 aromatic heterocycles. The van der Waals surface area contributed by atoms with Crippen LogP contribution < -0.4 is 15.8 Å². The highest BCUT2D eigenvalue weighted by atomic mass is 16.5. The van der Waals surface area contributed by atoms with E-state index in [4.69, 9.17) is 10.5 Å². The molecule has 0 saturated carbocycles. The topological polar surface area (TPSA) is 64.3 Å². The van der Waals surface area contributed by atoms with Crippen molar-refractivity contribution in [1.29, 1.82) is 0 Å². The zero-order chi connectivity index (χ0) is 14.7. The summed E-state index contributed by atoms with van der Waals surface area (Å²) in [5.74, 6) is 0.459. The minimum atomic E-state index is -0.185. The van der Waals surface area contributed by atoms with E-state index in [1.807, 2.05) is 32.0 Å². The maximum absolute atomic E-state index is 12.2. The number of rotatable bonds is 3. The summed E-state index contributed by atoms with van der Waals surface area (Å²) in [6, 6.07) is 10.8. The summed E-state index contributed by atoms with van der Waals surface area (Å²) in [7, 11) is 1.58. The molecule has 4 heteroatoms. The molecule has 0 atom stereocenters. The summed E-state index contributed by atoms with van der Waals surface area (Å²) in [6.45, 7) is 3.84. The number of nitrogen functional groups attached to an aromatic ring is 1. The number of hydrogen-bond donors (Lipinski definition) is 2. The van der Waals surface area contributed by atoms with Crippen molar-refractivity contribution >= 4 is 17.3 Å². The predicted octanol–water partition coefficient (Wildman–Crippen LogP) is 3.15. The van der Waals surface area contributed by atoms with Crippen LogP contribution in [-0.2, 0) is 0 Å². The van der Waals surface area contributed by atoms with Gasteiger partial charge in [-0.3, -0.25) is 4.79 Å². The molecule has 2 rings (SSSR count). The van der Waals surface area contributed by atoms with E-state index >= 15 is 0 Å². The summed E-state index contributed by atoms with van der Waals surface area (Å²) < 4.78 is 5.27. The highest BCUT2D eigenvalue weighted by molar-refractivity contribution is 6.05. The van der Waals surface area contributed by atoms with Crippen LogP contribution in [0.4, 0.5) is 11.4 Å². The number of carbonyl (C=O) groups is 1. The lowest BCUT2D eigenvalue weighted by Crippen LogP contribution is -2.13. The number of ether oxygens (including phenoxy) is 1. The van der Waals surface area contributed by atoms with E-state index in [0.29, 0.717) is 22.7 Å². The molecule has 104 valence electrons. The molecule has 3 N–H and O–H groups in total. The van der Waals surface area contributed by atoms with Crippen molar-refractivity contribution in [2.24, 2.45) is 0 Å². The standard InChI is InChI=1S/C16H18N2O2/c1-10-4-7-14(15(8-10)20-3)18-16(19)12-5-6-13(17)11(2)9-12/h4-9H,17H2,1-3H3,(H,18,19). The van der Waals surface area contributed by atoms with Crippen LogP contribution in [0.25, 0.3) is 0 Å². The van der Waals surface area contributed by atoms with Gasteiger partial charge < -0.3 is 15.8 Å². The van der Waals surface area contributed by atoms with Crippen molar-refractivity contribution in [2.75, 3.05) is 18.2 Å². The molecule has 0 spiro atoms. The fourth-order valence-electron chi connectivity index (χ4n) is 1.91. The summed E-state index contributed by atoms with van der Waals surface area (Å²) in [5, 5.41) is 2.85. The van der Waals surface area contributed by atoms with Crippen molar-refractivity contribution in [1.82, 2.24) is 0 Å². The number of anilines is 2. The maximum atomic E-state index is 12.2. The fourth-order valence-corrected chi connectivity index (χ4v) is 1.91. The van der Waals surface area contributed by atoms with Crippen LogP contribution in [0.3, 0.4) is 0 Å². The largest absolute Gasteiger partial charge is 0.495 e. The van der Waals surface area contributed by atoms with Crippen LogP contribution in [0.15, 0.2) is 36.4 Å². The Morgan fingerprint density at radius 1 is 1.15 bits per heavy atom. The minimum Gasteiger partial charge on any atom is -0.495 e. The predicted molar refractivity (Wildman–Crippen MR) is 81.3 cm³/mol. The maximum Gasteiger partial charge on any atom is 0.255 e. The number of nitrogens with two attached hydrogens (primary N) is 1. The van der Waals surface area contributed by atoms with Gasteiger partial charge in [-0.05, 0) is 55.3 Å². The van der Waals surface area contributed by atoms with Gasteiger partial charge in [0.25, 0.3) is 5.91 Å². The minimum absolute atomic E-state index is 0.185. The van der Waals surface area contributed by atoms with Crippen LogP contribution in [0.1, 0.15) is 21.5 Å². The van der Waals surface area contributed by atoms with Gasteiger partial charge in [-0.2, -0.15) is 0 Å². The molecular weight excluding hydrogens is 252 g/mol. The molecule has 0 radical (unpaired) electrons. The highest BCUT2D eigenvalue weighted by Crippen LogP contribution is 2.26. The molecule has 0 heterocycles. The second-order valence-electron chi connectivity index (χ2n) is 4.73. The Morgan fingerprint density at radius 2 is 1.90 bits per heavy atom. The summed E-state index contributed by atoms with van der Waals surface area (Å²) in [4.78, 5) is 12.2. The number of amides is 1. The summed E-state index contributed by atoms with van der Waals surface area (Å²) in [5.41, 5.74) is 9.60. The Morgan fingerprint density at radius 3 is 2.55 bits per heavy atom. The van der Waals surface area contributed by atoms with Crippen molar-refractivity contribution in [3.05, 3.63) is 53.1 Å². The van der Waals surface area contributed by atoms with Crippen molar-refractivity contribution in [3.63, 3.8) is 0 Å². The van der Waals surface area contributed by atoms with Gasteiger partial charge in [0.05, 0.1) is 12.8 Å². The molecule has 2 aromatic rings. The number of nitrogens with one attached hydrogen (secondary N) is 1. The summed E-state index contributed by atoms with van der Waals surface area (Å²) in [6.07, 6.45) is 0. The SMILES string of the molecule is COc1cc(C)ccc1NC(=O)c1ccc(N)c(C)c1. The van der Waals surface area contributed by atoms with E-state index in [2.05, 4.69) is 5.32 Å². The van der Waals surface area contributed by atoms with E-state index in [1.165, 1.54) is 0 Å². The first kappa shape index (κ1) is 13.9. The van der Waals surface area contributed by atoms with Crippen molar-refractivity contribution in [2.45, 2.75) is 13.8 Å². The third-order valence-electron chi connectivity index (χ3n) is 3.14. The van der Waals surface area contributed by atoms with Crippen LogP contribution in [-0.4, -0.2) is 13.0 Å². The molecule has 0 aliphatic rings. The van der Waals surface area contributed by atoms with Gasteiger partial charge in [-0.15, -0.1) is 0 Å². The first-order valence-corrected chi connectivity index (χ1v) is 6.33. The lowest BCUT2D eigenvalue weighted by molar-refractivity contribution is 0.102. The first-order chi connectivity index (χ1) is 9.51. The van der Waals surface area contributed by atoms with Gasteiger partial charge in [0.15, 0.2) is 0 Å². The molecule has 0 fully saturated rings. The van der Waals surface area contributed by atoms with Gasteiger partial charge in [0.1, 0.15) is 5.75 Å². The Labute approximate surface area is 118 Å². The zero-order valence-electron chi connectivity index (χ0n) is 11.9. The van der Waals surface area contributed by atoms with E-state index in [-0.39, 0.29) is 5.91 Å². The Balaban J connectivity index is 2.25. The van der Waals surface area contributed by atoms with Crippen molar-refractivity contribution < 1.29 is 9.53 Å². The van der Waals surface area contributed by atoms with E-state index in [1.54, 1.807) is 25.3 Å². The lowest BCUT2D eigenvalue weighted by atomic mass is 10.1. The molecule has 20 heavy (non-hydrogen) atoms. The van der Waals surface area contributed by atoms with Gasteiger partial charge in [0.2, 0.25) is 0 Å². The molecule has 0 unspecified atom stereocenters. The zero-order valence-corrected chi connectivity index (χ0v) is 11.9. The highest BCUT2D eigenvalue weighted by Gasteiger charge is 2.10. The second kappa shape index (κ2) is 5.65. The summed E-state index contributed by atoms with van der Waals surface area (Å²) >= 11 is 0. The molecule has 2 aromatic carbocycles. The van der Waals surface area contributed by atoms with Crippen LogP contribution in [0.5, 0.6) is 5.75 Å². The average Bonchev–Trinajstić information content (AvgIpc) is 2.43. The Bertz CT molecular complexity index is 651. The fraction of sp³-hybridized carbons (Fsp3) is 0.188. The van der Waals surface area contributed by atoms with Gasteiger partial charge in [-0.1, -0.05) is 6.07 Å². The number of hydrogen-bond acceptors (Lipinski definition) is 3. The molecule has 0 bridgehead atoms. The van der Waals surface area contributed by atoms with E-state index in [0.717, 1.165) is 11.1 Å². The lowest BCUT2D eigenvalue weighted by Gasteiger charge is -2.11. The number of benzene rings is 2. The van der Waals surface area contributed by atoms with E-state index in [9.17, 15) is 4.79 Å². The normalized spacial score (nSPS) is 10.2. The molecule has 4 nitrogen and oxygen atoms in total. The molecule has 1 amide bonds. The van der Waals surface area contributed by atoms with Crippen molar-refractivity contribution in [3.8, 4) is 5.75 Å². The van der Waals surface area contributed by atoms with Crippen LogP contribution in [0.2, 0.25) is 0 Å². The van der Waals surface area contributed by atoms with Crippen LogP contribution in [0, 0.1) is 13.8 Å². The smallest absolute Gasteiger partial charge is 0.255 e. The monoisotopic (exact) mass is 270 g/mol. The molecule has 0 aliphatic carbocycles. The number of carbonyl (C=O) groups excluding carboxylic acids is 1. The quantitative estimate of drug-likeness (QED) is 0.842. The Hall–Kier alpha value is -2.49. The molecule has 0 aliphatic heterocycles. The first-order valence-electron chi connectivity index (χ1n) is 6.33. The van der Waals surface area contributed by atoms with Gasteiger partial charge in [0, 0.05) is 11.3 Å². The number of methoxy groups -OCH3 is 1. The van der Waals surface area contributed by atoms with Gasteiger partial charge >= 0.3 is 0 Å². The molecular formula is C16H18N2O2. The molecule has 0 saturated heterocycles. The second-order valence-corrected chi connectivity index (χ2v) is 4.73. The van der Waals surface area contributed by atoms with Gasteiger partial charge in [-0.25, -0.2) is 0 Å². The number of aryl methyl sites for hydroxylation is 2.